The molecule has 1 aromatic heterocycles. The summed E-state index contributed by atoms with van der Waals surface area (Å²) in [5, 5.41) is 10.2. The van der Waals surface area contributed by atoms with Crippen LogP contribution in [0.5, 0.6) is 5.75 Å². The molecule has 2 amide bonds. The molecule has 0 spiro atoms. The van der Waals surface area contributed by atoms with Crippen molar-refractivity contribution < 1.29 is 14.3 Å². The Bertz CT molecular complexity index is 1110. The number of aromatic nitrogens is 2. The van der Waals surface area contributed by atoms with Crippen LogP contribution >= 0.6 is 0 Å². The second-order valence-electron chi connectivity index (χ2n) is 8.21. The number of rotatable bonds is 8. The van der Waals surface area contributed by atoms with Crippen molar-refractivity contribution >= 4 is 11.8 Å². The summed E-state index contributed by atoms with van der Waals surface area (Å²) in [4.78, 5) is 27.3. The van der Waals surface area contributed by atoms with Crippen molar-refractivity contribution in [3.05, 3.63) is 77.6 Å². The lowest BCUT2D eigenvalue weighted by atomic mass is 10.1. The van der Waals surface area contributed by atoms with Gasteiger partial charge in [-0.2, -0.15) is 5.10 Å². The molecule has 1 fully saturated rings. The minimum absolute atomic E-state index is 0.104. The van der Waals surface area contributed by atoms with Gasteiger partial charge in [-0.1, -0.05) is 42.0 Å². The highest BCUT2D eigenvalue weighted by Gasteiger charge is 2.31. The second kappa shape index (κ2) is 10.3. The average Bonchev–Trinajstić information content (AvgIpc) is 3.30. The fourth-order valence-corrected chi connectivity index (χ4v) is 3.95. The predicted molar refractivity (Wildman–Crippen MR) is 125 cm³/mol. The zero-order valence-corrected chi connectivity index (χ0v) is 19.0. The summed E-state index contributed by atoms with van der Waals surface area (Å²) in [6.45, 7) is 4.32. The third kappa shape index (κ3) is 5.59. The van der Waals surface area contributed by atoms with Crippen LogP contribution in [-0.2, 0) is 22.7 Å². The summed E-state index contributed by atoms with van der Waals surface area (Å²) in [5.41, 5.74) is 4.01. The van der Waals surface area contributed by atoms with Crippen LogP contribution in [0.1, 0.15) is 23.1 Å². The molecule has 2 aromatic carbocycles. The average molecular weight is 448 g/mol. The Hall–Kier alpha value is -3.65. The highest BCUT2D eigenvalue weighted by atomic mass is 16.5. The number of para-hydroxylation sites is 2. The SMILES string of the molecule is COc1ccccc1-n1cc(CNC(=O)C[C@H]2C(=O)NCCN2Cc2ccc(C)cc2)cn1. The van der Waals surface area contributed by atoms with E-state index in [0.717, 1.165) is 16.8 Å². The predicted octanol–water partition coefficient (Wildman–Crippen LogP) is 2.20. The van der Waals surface area contributed by atoms with Gasteiger partial charge in [0.25, 0.3) is 0 Å². The van der Waals surface area contributed by atoms with Crippen LogP contribution in [0, 0.1) is 6.92 Å². The number of amides is 2. The van der Waals surface area contributed by atoms with Crippen LogP contribution in [0.25, 0.3) is 5.69 Å². The molecule has 0 bridgehead atoms. The minimum atomic E-state index is -0.489. The fraction of sp³-hybridized carbons (Fsp3) is 0.320. The van der Waals surface area contributed by atoms with Crippen LogP contribution in [0.3, 0.4) is 0 Å². The lowest BCUT2D eigenvalue weighted by molar-refractivity contribution is -0.134. The topological polar surface area (TPSA) is 88.5 Å². The molecule has 8 nitrogen and oxygen atoms in total. The van der Waals surface area contributed by atoms with Crippen LogP contribution in [0.4, 0.5) is 0 Å². The Kier molecular flexibility index (Phi) is 7.04. The van der Waals surface area contributed by atoms with Crippen LogP contribution < -0.4 is 15.4 Å². The van der Waals surface area contributed by atoms with E-state index >= 15 is 0 Å². The van der Waals surface area contributed by atoms with Gasteiger partial charge in [-0.25, -0.2) is 4.68 Å². The molecule has 2 N–H and O–H groups in total. The largest absolute Gasteiger partial charge is 0.494 e. The molecule has 33 heavy (non-hydrogen) atoms. The van der Waals surface area contributed by atoms with E-state index in [1.54, 1.807) is 18.0 Å². The van der Waals surface area contributed by atoms with E-state index in [1.165, 1.54) is 5.56 Å². The van der Waals surface area contributed by atoms with E-state index in [2.05, 4.69) is 44.9 Å². The number of hydrogen-bond acceptors (Lipinski definition) is 5. The Labute approximate surface area is 193 Å². The maximum absolute atomic E-state index is 12.7. The highest BCUT2D eigenvalue weighted by molar-refractivity contribution is 5.88. The van der Waals surface area contributed by atoms with Gasteiger partial charge in [0.05, 0.1) is 25.8 Å². The fourth-order valence-electron chi connectivity index (χ4n) is 3.95. The smallest absolute Gasteiger partial charge is 0.237 e. The maximum atomic E-state index is 12.7. The Morgan fingerprint density at radius 3 is 2.76 bits per heavy atom. The first-order valence-corrected chi connectivity index (χ1v) is 11.0. The lowest BCUT2D eigenvalue weighted by Crippen LogP contribution is -2.56. The Balaban J connectivity index is 1.35. The monoisotopic (exact) mass is 447 g/mol. The summed E-state index contributed by atoms with van der Waals surface area (Å²) >= 11 is 0. The van der Waals surface area contributed by atoms with Crippen LogP contribution in [0.2, 0.25) is 0 Å². The minimum Gasteiger partial charge on any atom is -0.494 e. The van der Waals surface area contributed by atoms with Crippen molar-refractivity contribution in [3.8, 4) is 11.4 Å². The molecule has 1 aliphatic rings. The number of benzene rings is 2. The number of carbonyl (C=O) groups excluding carboxylic acids is 2. The molecule has 0 aliphatic carbocycles. The normalized spacial score (nSPS) is 16.3. The van der Waals surface area contributed by atoms with E-state index in [1.807, 2.05) is 37.4 Å². The van der Waals surface area contributed by atoms with Crippen LogP contribution in [0.15, 0.2) is 60.9 Å². The van der Waals surface area contributed by atoms with Crippen LogP contribution in [-0.4, -0.2) is 52.7 Å². The molecule has 0 unspecified atom stereocenters. The number of aryl methyl sites for hydroxylation is 1. The summed E-state index contributed by atoms with van der Waals surface area (Å²) < 4.78 is 7.11. The molecule has 8 heteroatoms. The molecule has 2 heterocycles. The molecule has 4 rings (SSSR count). The quantitative estimate of drug-likeness (QED) is 0.553. The van der Waals surface area contributed by atoms with Crippen molar-refractivity contribution in [2.24, 2.45) is 0 Å². The number of methoxy groups -OCH3 is 1. The number of piperazine rings is 1. The van der Waals surface area contributed by atoms with Crippen molar-refractivity contribution in [2.45, 2.75) is 32.5 Å². The van der Waals surface area contributed by atoms with E-state index in [-0.39, 0.29) is 18.2 Å². The van der Waals surface area contributed by atoms with Gasteiger partial charge in [0.15, 0.2) is 0 Å². The Morgan fingerprint density at radius 2 is 1.97 bits per heavy atom. The highest BCUT2D eigenvalue weighted by Crippen LogP contribution is 2.21. The van der Waals surface area contributed by atoms with Crippen molar-refractivity contribution in [3.63, 3.8) is 0 Å². The van der Waals surface area contributed by atoms with E-state index in [4.69, 9.17) is 4.74 Å². The first kappa shape index (κ1) is 22.5. The van der Waals surface area contributed by atoms with E-state index in [0.29, 0.717) is 31.9 Å². The molecule has 1 saturated heterocycles. The third-order valence-corrected chi connectivity index (χ3v) is 5.78. The third-order valence-electron chi connectivity index (χ3n) is 5.78. The van der Waals surface area contributed by atoms with E-state index < -0.39 is 6.04 Å². The van der Waals surface area contributed by atoms with Crippen molar-refractivity contribution in [1.29, 1.82) is 0 Å². The number of nitrogens with one attached hydrogen (secondary N) is 2. The van der Waals surface area contributed by atoms with Gasteiger partial charge in [-0.15, -0.1) is 0 Å². The summed E-state index contributed by atoms with van der Waals surface area (Å²) in [6, 6.07) is 15.4. The summed E-state index contributed by atoms with van der Waals surface area (Å²) in [6.07, 6.45) is 3.68. The lowest BCUT2D eigenvalue weighted by Gasteiger charge is -2.34. The number of carbonyl (C=O) groups is 2. The molecule has 0 saturated carbocycles. The maximum Gasteiger partial charge on any atom is 0.237 e. The van der Waals surface area contributed by atoms with Gasteiger partial charge in [-0.3, -0.25) is 14.5 Å². The number of nitrogens with zero attached hydrogens (tertiary/aromatic N) is 3. The zero-order chi connectivity index (χ0) is 23.2. The molecule has 3 aromatic rings. The molecule has 0 radical (unpaired) electrons. The van der Waals surface area contributed by atoms with Crippen molar-refractivity contribution in [1.82, 2.24) is 25.3 Å². The molecule has 1 atom stereocenters. The molecular weight excluding hydrogens is 418 g/mol. The number of hydrogen-bond donors (Lipinski definition) is 2. The van der Waals surface area contributed by atoms with Gasteiger partial charge in [-0.05, 0) is 24.6 Å². The van der Waals surface area contributed by atoms with Crippen molar-refractivity contribution in [2.75, 3.05) is 20.2 Å². The van der Waals surface area contributed by atoms with Gasteiger partial charge in [0.1, 0.15) is 11.4 Å². The summed E-state index contributed by atoms with van der Waals surface area (Å²) in [5.74, 6) is 0.441. The first-order chi connectivity index (χ1) is 16.0. The first-order valence-electron chi connectivity index (χ1n) is 11.0. The molecule has 1 aliphatic heterocycles. The van der Waals surface area contributed by atoms with Gasteiger partial charge in [0.2, 0.25) is 11.8 Å². The summed E-state index contributed by atoms with van der Waals surface area (Å²) in [7, 11) is 1.62. The van der Waals surface area contributed by atoms with E-state index in [9.17, 15) is 9.59 Å². The Morgan fingerprint density at radius 1 is 1.18 bits per heavy atom. The molecule has 172 valence electrons. The standard InChI is InChI=1S/C25H29N5O3/c1-18-7-9-19(10-8-18)16-29-12-11-26-25(32)22(29)13-24(31)27-14-20-15-28-30(17-20)21-5-3-4-6-23(21)33-2/h3-10,15,17,22H,11-14,16H2,1-2H3,(H,26,32)(H,27,31)/t22-/m0/s1. The number of ether oxygens (including phenoxy) is 1. The van der Waals surface area contributed by atoms with Gasteiger partial charge < -0.3 is 15.4 Å². The zero-order valence-electron chi connectivity index (χ0n) is 19.0. The van der Waals surface area contributed by atoms with Gasteiger partial charge in [0, 0.05) is 37.9 Å². The second-order valence-corrected chi connectivity index (χ2v) is 8.21. The van der Waals surface area contributed by atoms with Gasteiger partial charge >= 0.3 is 0 Å². The molecular formula is C25H29N5O3.